The van der Waals surface area contributed by atoms with Crippen LogP contribution in [0.1, 0.15) is 22.8 Å². The van der Waals surface area contributed by atoms with Crippen LogP contribution in [0.15, 0.2) is 24.5 Å². The van der Waals surface area contributed by atoms with E-state index < -0.39 is 5.91 Å². The highest BCUT2D eigenvalue weighted by atomic mass is 16.1. The highest BCUT2D eigenvalue weighted by Gasteiger charge is 1.99. The lowest BCUT2D eigenvalue weighted by Crippen LogP contribution is -2.05. The van der Waals surface area contributed by atoms with E-state index in [0.29, 0.717) is 11.1 Å². The van der Waals surface area contributed by atoms with E-state index in [1.54, 1.807) is 12.3 Å². The Balaban J connectivity index is 2.94. The minimum atomic E-state index is -0.529. The molecule has 0 atom stereocenters. The average molecular weight is 190 g/mol. The van der Waals surface area contributed by atoms with Crippen molar-refractivity contribution in [3.8, 4) is 0 Å². The molecule has 1 amide bonds. The summed E-state index contributed by atoms with van der Waals surface area (Å²) < 4.78 is 0. The highest BCUT2D eigenvalue weighted by molar-refractivity contribution is 5.95. The third-order valence-electron chi connectivity index (χ3n) is 1.61. The molecule has 0 saturated carbocycles. The number of carbonyl (C=O) groups is 2. The summed E-state index contributed by atoms with van der Waals surface area (Å²) in [6.07, 6.45) is 5.76. The third-order valence-corrected chi connectivity index (χ3v) is 1.61. The van der Waals surface area contributed by atoms with Gasteiger partial charge in [0.05, 0.1) is 0 Å². The summed E-state index contributed by atoms with van der Waals surface area (Å²) in [5.41, 5.74) is 6.11. The number of hydrogen-bond acceptors (Lipinski definition) is 3. The summed E-state index contributed by atoms with van der Waals surface area (Å²) in [5, 5.41) is 0. The normalized spacial score (nSPS) is 10.4. The van der Waals surface area contributed by atoms with Crippen molar-refractivity contribution in [3.63, 3.8) is 0 Å². The Morgan fingerprint density at radius 2 is 2.14 bits per heavy atom. The largest absolute Gasteiger partial charge is 0.366 e. The standard InChI is InChI=1S/C10H10N2O2/c1-7(13)9-4-8(5-12-6-9)2-3-10(11)14/h2-6H,1H3,(H2,11,14). The van der Waals surface area contributed by atoms with Gasteiger partial charge in [-0.25, -0.2) is 0 Å². The Kier molecular flexibility index (Phi) is 3.12. The predicted molar refractivity (Wildman–Crippen MR) is 52.5 cm³/mol. The Labute approximate surface area is 81.4 Å². The summed E-state index contributed by atoms with van der Waals surface area (Å²) in [6, 6.07) is 1.65. The predicted octanol–water partition coefficient (Wildman–Crippen LogP) is 0.783. The number of primary amides is 1. The van der Waals surface area contributed by atoms with Crippen molar-refractivity contribution in [1.82, 2.24) is 4.98 Å². The maximum Gasteiger partial charge on any atom is 0.241 e. The molecular weight excluding hydrogens is 180 g/mol. The van der Waals surface area contributed by atoms with Crippen molar-refractivity contribution in [3.05, 3.63) is 35.7 Å². The van der Waals surface area contributed by atoms with Crippen LogP contribution in [0.5, 0.6) is 0 Å². The Morgan fingerprint density at radius 1 is 1.43 bits per heavy atom. The molecular formula is C10H10N2O2. The molecule has 0 bridgehead atoms. The van der Waals surface area contributed by atoms with Gasteiger partial charge in [0.25, 0.3) is 0 Å². The van der Waals surface area contributed by atoms with Crippen molar-refractivity contribution in [2.75, 3.05) is 0 Å². The van der Waals surface area contributed by atoms with Gasteiger partial charge in [-0.2, -0.15) is 0 Å². The molecule has 72 valence electrons. The van der Waals surface area contributed by atoms with E-state index >= 15 is 0 Å². The van der Waals surface area contributed by atoms with Crippen LogP contribution in [-0.2, 0) is 4.79 Å². The lowest BCUT2D eigenvalue weighted by atomic mass is 10.1. The summed E-state index contributed by atoms with van der Waals surface area (Å²) in [4.78, 5) is 25.3. The fourth-order valence-electron chi connectivity index (χ4n) is 0.920. The van der Waals surface area contributed by atoms with Crippen LogP contribution < -0.4 is 5.73 Å². The van der Waals surface area contributed by atoms with Crippen molar-refractivity contribution in [1.29, 1.82) is 0 Å². The minimum absolute atomic E-state index is 0.0631. The van der Waals surface area contributed by atoms with Crippen molar-refractivity contribution in [2.45, 2.75) is 6.92 Å². The third kappa shape index (κ3) is 2.82. The number of carbonyl (C=O) groups excluding carboxylic acids is 2. The second-order valence-corrected chi connectivity index (χ2v) is 2.80. The number of pyridine rings is 1. The van der Waals surface area contributed by atoms with Gasteiger partial charge < -0.3 is 5.73 Å². The van der Waals surface area contributed by atoms with Crippen LogP contribution in [0.4, 0.5) is 0 Å². The summed E-state index contributed by atoms with van der Waals surface area (Å²) in [7, 11) is 0. The Hall–Kier alpha value is -1.97. The molecule has 1 heterocycles. The van der Waals surface area contributed by atoms with E-state index in [9.17, 15) is 9.59 Å². The zero-order chi connectivity index (χ0) is 10.6. The molecule has 1 aromatic rings. The highest BCUT2D eigenvalue weighted by Crippen LogP contribution is 2.05. The van der Waals surface area contributed by atoms with Crippen molar-refractivity contribution < 1.29 is 9.59 Å². The Morgan fingerprint density at radius 3 is 2.71 bits per heavy atom. The van der Waals surface area contributed by atoms with Gasteiger partial charge in [-0.05, 0) is 24.6 Å². The SMILES string of the molecule is CC(=O)c1cncc(C=CC(N)=O)c1. The molecule has 4 nitrogen and oxygen atoms in total. The van der Waals surface area contributed by atoms with Gasteiger partial charge in [-0.1, -0.05) is 0 Å². The summed E-state index contributed by atoms with van der Waals surface area (Å²) in [6.45, 7) is 1.46. The molecule has 0 aliphatic carbocycles. The number of hydrogen-bond donors (Lipinski definition) is 1. The molecule has 0 radical (unpaired) electrons. The zero-order valence-corrected chi connectivity index (χ0v) is 7.73. The molecule has 0 fully saturated rings. The monoisotopic (exact) mass is 190 g/mol. The van der Waals surface area contributed by atoms with E-state index in [1.165, 1.54) is 25.3 Å². The molecule has 2 N–H and O–H groups in total. The summed E-state index contributed by atoms with van der Waals surface area (Å²) in [5.74, 6) is -0.593. The van der Waals surface area contributed by atoms with Crippen LogP contribution in [-0.4, -0.2) is 16.7 Å². The molecule has 1 rings (SSSR count). The number of nitrogens with zero attached hydrogens (tertiary/aromatic N) is 1. The molecule has 0 aliphatic heterocycles. The second-order valence-electron chi connectivity index (χ2n) is 2.80. The molecule has 4 heteroatoms. The van der Waals surface area contributed by atoms with Crippen LogP contribution in [0.25, 0.3) is 6.08 Å². The molecule has 1 aromatic heterocycles. The molecule has 0 unspecified atom stereocenters. The van der Waals surface area contributed by atoms with Gasteiger partial charge in [-0.3, -0.25) is 14.6 Å². The molecule has 14 heavy (non-hydrogen) atoms. The molecule has 0 spiro atoms. The van der Waals surface area contributed by atoms with Gasteiger partial charge in [-0.15, -0.1) is 0 Å². The Bertz CT molecular complexity index is 397. The minimum Gasteiger partial charge on any atom is -0.366 e. The summed E-state index contributed by atoms with van der Waals surface area (Å²) >= 11 is 0. The van der Waals surface area contributed by atoms with Gasteiger partial charge in [0, 0.05) is 24.0 Å². The molecule has 0 aromatic carbocycles. The number of aromatic nitrogens is 1. The quantitative estimate of drug-likeness (QED) is 0.565. The van der Waals surface area contributed by atoms with Gasteiger partial charge in [0.15, 0.2) is 5.78 Å². The van der Waals surface area contributed by atoms with E-state index in [2.05, 4.69) is 4.98 Å². The maximum atomic E-state index is 11.0. The average Bonchev–Trinajstić information content (AvgIpc) is 2.15. The number of ketones is 1. The zero-order valence-electron chi connectivity index (χ0n) is 7.73. The number of Topliss-reactive ketones (excluding diaryl/α,β-unsaturated/α-hetero) is 1. The molecule has 0 saturated heterocycles. The van der Waals surface area contributed by atoms with Crippen LogP contribution in [0, 0.1) is 0 Å². The lowest BCUT2D eigenvalue weighted by molar-refractivity contribution is -0.113. The van der Waals surface area contributed by atoms with E-state index in [1.807, 2.05) is 0 Å². The fourth-order valence-corrected chi connectivity index (χ4v) is 0.920. The van der Waals surface area contributed by atoms with Gasteiger partial charge in [0.2, 0.25) is 5.91 Å². The fraction of sp³-hybridized carbons (Fsp3) is 0.100. The van der Waals surface area contributed by atoms with E-state index in [4.69, 9.17) is 5.73 Å². The number of nitrogens with two attached hydrogens (primary N) is 1. The maximum absolute atomic E-state index is 11.0. The van der Waals surface area contributed by atoms with Crippen molar-refractivity contribution in [2.24, 2.45) is 5.73 Å². The number of amides is 1. The van der Waals surface area contributed by atoms with Crippen LogP contribution in [0.2, 0.25) is 0 Å². The first-order chi connectivity index (χ1) is 6.59. The first-order valence-electron chi connectivity index (χ1n) is 4.03. The molecule has 0 aliphatic rings. The topological polar surface area (TPSA) is 73.1 Å². The lowest BCUT2D eigenvalue weighted by Gasteiger charge is -1.95. The second kappa shape index (κ2) is 4.32. The number of rotatable bonds is 3. The van der Waals surface area contributed by atoms with E-state index in [0.717, 1.165) is 0 Å². The van der Waals surface area contributed by atoms with Crippen molar-refractivity contribution >= 4 is 17.8 Å². The van der Waals surface area contributed by atoms with Gasteiger partial charge >= 0.3 is 0 Å². The van der Waals surface area contributed by atoms with Crippen LogP contribution >= 0.6 is 0 Å². The first-order valence-corrected chi connectivity index (χ1v) is 4.03. The smallest absolute Gasteiger partial charge is 0.241 e. The van der Waals surface area contributed by atoms with Crippen LogP contribution in [0.3, 0.4) is 0 Å². The van der Waals surface area contributed by atoms with E-state index in [-0.39, 0.29) is 5.78 Å². The first kappa shape index (κ1) is 10.1. The van der Waals surface area contributed by atoms with Gasteiger partial charge in [0.1, 0.15) is 0 Å².